The van der Waals surface area contributed by atoms with Crippen LogP contribution in [0.25, 0.3) is 0 Å². The zero-order valence-corrected chi connectivity index (χ0v) is 10.6. The zero-order valence-electron chi connectivity index (χ0n) is 10.6. The highest BCUT2D eigenvalue weighted by Crippen LogP contribution is 2.15. The lowest BCUT2D eigenvalue weighted by Crippen LogP contribution is -2.08. The smallest absolute Gasteiger partial charge is 0.0146 e. The summed E-state index contributed by atoms with van der Waals surface area (Å²) in [6.07, 6.45) is 4.09. The van der Waals surface area contributed by atoms with Crippen LogP contribution in [0.5, 0.6) is 0 Å². The third-order valence-electron chi connectivity index (χ3n) is 2.28. The molecule has 0 amide bonds. The Morgan fingerprint density at radius 3 is 2.07 bits per heavy atom. The average Bonchev–Trinajstić information content (AvgIpc) is 2.11. The molecule has 1 nitrogen and oxygen atoms in total. The molecule has 0 aliphatic heterocycles. The fraction of sp³-hybridized carbons (Fsp3) is 0.429. The maximum absolute atomic E-state index is 3.83. The Morgan fingerprint density at radius 2 is 1.73 bits per heavy atom. The van der Waals surface area contributed by atoms with Crippen molar-refractivity contribution in [1.29, 1.82) is 0 Å². The Hall–Kier alpha value is -1.24. The minimum absolute atomic E-state index is 0.509. The van der Waals surface area contributed by atoms with Crippen molar-refractivity contribution in [2.45, 2.75) is 34.6 Å². The summed E-state index contributed by atoms with van der Waals surface area (Å²) in [6, 6.07) is 0. The van der Waals surface area contributed by atoms with E-state index in [1.807, 2.05) is 13.0 Å². The van der Waals surface area contributed by atoms with Gasteiger partial charge in [-0.3, -0.25) is 0 Å². The van der Waals surface area contributed by atoms with Crippen LogP contribution in [0.1, 0.15) is 34.6 Å². The molecule has 0 heterocycles. The van der Waals surface area contributed by atoms with Crippen LogP contribution in [0, 0.1) is 5.92 Å². The molecule has 0 spiro atoms. The normalized spacial score (nSPS) is 13.6. The Morgan fingerprint density at radius 1 is 1.20 bits per heavy atom. The van der Waals surface area contributed by atoms with E-state index in [0.717, 1.165) is 11.4 Å². The van der Waals surface area contributed by atoms with Crippen LogP contribution >= 0.6 is 0 Å². The number of rotatable bonds is 5. The summed E-state index contributed by atoms with van der Waals surface area (Å²) in [4.78, 5) is 0. The number of allylic oxidation sites excluding steroid dienone is 6. The topological polar surface area (TPSA) is 12.0 Å². The summed E-state index contributed by atoms with van der Waals surface area (Å²) < 4.78 is 0. The van der Waals surface area contributed by atoms with Crippen molar-refractivity contribution in [3.05, 3.63) is 47.9 Å². The largest absolute Gasteiger partial charge is 0.363 e. The van der Waals surface area contributed by atoms with Gasteiger partial charge in [-0.2, -0.15) is 0 Å². The minimum Gasteiger partial charge on any atom is -0.363 e. The molecule has 0 aliphatic carbocycles. The van der Waals surface area contributed by atoms with E-state index in [1.165, 1.54) is 11.1 Å². The summed E-state index contributed by atoms with van der Waals surface area (Å²) in [7, 11) is 0. The zero-order chi connectivity index (χ0) is 12.0. The molecule has 0 fully saturated rings. The van der Waals surface area contributed by atoms with E-state index in [1.54, 1.807) is 0 Å². The van der Waals surface area contributed by atoms with E-state index in [9.17, 15) is 0 Å². The van der Waals surface area contributed by atoms with Gasteiger partial charge < -0.3 is 5.32 Å². The van der Waals surface area contributed by atoms with Crippen molar-refractivity contribution in [3.8, 4) is 0 Å². The summed E-state index contributed by atoms with van der Waals surface area (Å²) in [6.45, 7) is 18.1. The Balaban J connectivity index is 4.90. The molecule has 0 aromatic rings. The van der Waals surface area contributed by atoms with Crippen LogP contribution in [0.4, 0.5) is 0 Å². The van der Waals surface area contributed by atoms with Gasteiger partial charge in [0.1, 0.15) is 0 Å². The summed E-state index contributed by atoms with van der Waals surface area (Å²) in [5.74, 6) is 0.509. The molecule has 0 rings (SSSR count). The van der Waals surface area contributed by atoms with Gasteiger partial charge in [0, 0.05) is 11.4 Å². The van der Waals surface area contributed by atoms with Crippen LogP contribution in [0.3, 0.4) is 0 Å². The highest BCUT2D eigenvalue weighted by molar-refractivity contribution is 5.32. The standard InChI is InChI=1S/C14H23N/c1-8-14(10(2)3)9-12(6)13(7)15-11(4)5/h8-10,15H,1,4H2,2-3,5-7H3/b13-12+,14-9+. The third kappa shape index (κ3) is 5.26. The lowest BCUT2D eigenvalue weighted by molar-refractivity contribution is 0.790. The van der Waals surface area contributed by atoms with Gasteiger partial charge in [0.05, 0.1) is 0 Å². The van der Waals surface area contributed by atoms with Crippen molar-refractivity contribution in [2.75, 3.05) is 0 Å². The van der Waals surface area contributed by atoms with Crippen molar-refractivity contribution in [1.82, 2.24) is 5.32 Å². The molecule has 1 heteroatoms. The Bertz CT molecular complexity index is 303. The first-order chi connectivity index (χ1) is 6.88. The maximum Gasteiger partial charge on any atom is 0.0146 e. The lowest BCUT2D eigenvalue weighted by Gasteiger charge is -2.10. The van der Waals surface area contributed by atoms with Crippen molar-refractivity contribution < 1.29 is 0 Å². The molecule has 0 bridgehead atoms. The van der Waals surface area contributed by atoms with Crippen LogP contribution < -0.4 is 5.32 Å². The molecule has 0 saturated carbocycles. The van der Waals surface area contributed by atoms with E-state index in [0.29, 0.717) is 5.92 Å². The second kappa shape index (κ2) is 6.28. The maximum atomic E-state index is 3.83. The van der Waals surface area contributed by atoms with Gasteiger partial charge in [-0.25, -0.2) is 0 Å². The number of hydrogen-bond donors (Lipinski definition) is 1. The molecule has 15 heavy (non-hydrogen) atoms. The monoisotopic (exact) mass is 205 g/mol. The van der Waals surface area contributed by atoms with Crippen LogP contribution in [0.2, 0.25) is 0 Å². The molecule has 0 aromatic heterocycles. The molecule has 84 valence electrons. The second-order valence-electron chi connectivity index (χ2n) is 4.22. The first kappa shape index (κ1) is 13.8. The third-order valence-corrected chi connectivity index (χ3v) is 2.28. The molecular weight excluding hydrogens is 182 g/mol. The Labute approximate surface area is 94.3 Å². The molecule has 0 aromatic carbocycles. The van der Waals surface area contributed by atoms with Crippen molar-refractivity contribution >= 4 is 0 Å². The molecule has 0 radical (unpaired) electrons. The summed E-state index contributed by atoms with van der Waals surface area (Å²) in [5, 5.41) is 3.22. The van der Waals surface area contributed by atoms with E-state index in [2.05, 4.69) is 52.2 Å². The predicted molar refractivity (Wildman–Crippen MR) is 69.4 cm³/mol. The molecule has 1 N–H and O–H groups in total. The van der Waals surface area contributed by atoms with Crippen LogP contribution in [-0.2, 0) is 0 Å². The number of hydrogen-bond acceptors (Lipinski definition) is 1. The van der Waals surface area contributed by atoms with Crippen molar-refractivity contribution in [3.63, 3.8) is 0 Å². The minimum atomic E-state index is 0.509. The first-order valence-corrected chi connectivity index (χ1v) is 5.32. The van der Waals surface area contributed by atoms with Gasteiger partial charge in [-0.05, 0) is 37.8 Å². The van der Waals surface area contributed by atoms with Crippen LogP contribution in [0.15, 0.2) is 47.9 Å². The molecular formula is C14H23N. The SMILES string of the molecule is C=C/C(=C\C(C)=C(/C)NC(=C)C)C(C)C. The summed E-state index contributed by atoms with van der Waals surface area (Å²) in [5.41, 5.74) is 4.59. The Kier molecular flexibility index (Phi) is 5.76. The highest BCUT2D eigenvalue weighted by Gasteiger charge is 2.00. The lowest BCUT2D eigenvalue weighted by atomic mass is 10.0. The van der Waals surface area contributed by atoms with E-state index in [-0.39, 0.29) is 0 Å². The fourth-order valence-corrected chi connectivity index (χ4v) is 1.24. The van der Waals surface area contributed by atoms with E-state index < -0.39 is 0 Å². The quantitative estimate of drug-likeness (QED) is 0.664. The van der Waals surface area contributed by atoms with E-state index >= 15 is 0 Å². The number of nitrogens with one attached hydrogen (secondary N) is 1. The predicted octanol–water partition coefficient (Wildman–Crippen LogP) is 4.17. The molecule has 0 atom stereocenters. The summed E-state index contributed by atoms with van der Waals surface area (Å²) >= 11 is 0. The van der Waals surface area contributed by atoms with Gasteiger partial charge >= 0.3 is 0 Å². The molecule has 0 saturated heterocycles. The van der Waals surface area contributed by atoms with Gasteiger partial charge in [0.25, 0.3) is 0 Å². The van der Waals surface area contributed by atoms with Gasteiger partial charge in [-0.1, -0.05) is 39.2 Å². The second-order valence-corrected chi connectivity index (χ2v) is 4.22. The van der Waals surface area contributed by atoms with Crippen LogP contribution in [-0.4, -0.2) is 0 Å². The van der Waals surface area contributed by atoms with E-state index in [4.69, 9.17) is 0 Å². The van der Waals surface area contributed by atoms with Gasteiger partial charge in [0.15, 0.2) is 0 Å². The average molecular weight is 205 g/mol. The highest BCUT2D eigenvalue weighted by atomic mass is 14.9. The van der Waals surface area contributed by atoms with Gasteiger partial charge in [-0.15, -0.1) is 0 Å². The fourth-order valence-electron chi connectivity index (χ4n) is 1.24. The van der Waals surface area contributed by atoms with Gasteiger partial charge in [0.2, 0.25) is 0 Å². The first-order valence-electron chi connectivity index (χ1n) is 5.32. The molecule has 0 aliphatic rings. The van der Waals surface area contributed by atoms with Crippen molar-refractivity contribution in [2.24, 2.45) is 5.92 Å². The molecule has 0 unspecified atom stereocenters.